The van der Waals surface area contributed by atoms with Gasteiger partial charge in [-0.1, -0.05) is 35.4 Å². The predicted octanol–water partition coefficient (Wildman–Crippen LogP) is 3.56. The van der Waals surface area contributed by atoms with Crippen LogP contribution >= 0.6 is 11.6 Å². The van der Waals surface area contributed by atoms with Gasteiger partial charge in [-0.15, -0.1) is 0 Å². The fourth-order valence-electron chi connectivity index (χ4n) is 2.10. The van der Waals surface area contributed by atoms with Crippen molar-refractivity contribution in [3.63, 3.8) is 0 Å². The van der Waals surface area contributed by atoms with Gasteiger partial charge >= 0.3 is 0 Å². The lowest BCUT2D eigenvalue weighted by Gasteiger charge is -2.14. The minimum Gasteiger partial charge on any atom is -0.387 e. The van der Waals surface area contributed by atoms with E-state index in [4.69, 9.17) is 11.6 Å². The lowest BCUT2D eigenvalue weighted by Crippen LogP contribution is -2.29. The number of halogens is 2. The first-order valence-electron chi connectivity index (χ1n) is 6.87. The van der Waals surface area contributed by atoms with Gasteiger partial charge in [0, 0.05) is 12.1 Å². The third-order valence-electron chi connectivity index (χ3n) is 3.42. The molecule has 1 amide bonds. The second kappa shape index (κ2) is 6.90. The van der Waals surface area contributed by atoms with Gasteiger partial charge in [-0.2, -0.15) is 0 Å². The van der Waals surface area contributed by atoms with Crippen molar-refractivity contribution >= 4 is 17.5 Å². The zero-order valence-electron chi connectivity index (χ0n) is 12.4. The zero-order valence-corrected chi connectivity index (χ0v) is 13.1. The van der Waals surface area contributed by atoms with Crippen LogP contribution in [0.3, 0.4) is 0 Å². The molecule has 0 aliphatic rings. The summed E-state index contributed by atoms with van der Waals surface area (Å²) in [6.07, 6.45) is -0.999. The van der Waals surface area contributed by atoms with Crippen LogP contribution in [0.2, 0.25) is 5.02 Å². The van der Waals surface area contributed by atoms with Crippen LogP contribution in [0, 0.1) is 19.7 Å². The average Bonchev–Trinajstić information content (AvgIpc) is 2.49. The summed E-state index contributed by atoms with van der Waals surface area (Å²) in [5, 5.41) is 12.7. The zero-order chi connectivity index (χ0) is 16.3. The Bertz CT molecular complexity index is 703. The molecule has 0 aromatic heterocycles. The van der Waals surface area contributed by atoms with E-state index in [9.17, 15) is 14.3 Å². The van der Waals surface area contributed by atoms with Gasteiger partial charge in [0.1, 0.15) is 5.82 Å². The summed E-state index contributed by atoms with van der Waals surface area (Å²) in [7, 11) is 0. The third-order valence-corrected chi connectivity index (χ3v) is 3.73. The van der Waals surface area contributed by atoms with Gasteiger partial charge in [0.25, 0.3) is 5.91 Å². The van der Waals surface area contributed by atoms with Crippen molar-refractivity contribution in [1.29, 1.82) is 0 Å². The Hall–Kier alpha value is -1.91. The highest BCUT2D eigenvalue weighted by atomic mass is 35.5. The SMILES string of the molecule is Cc1ccc(C)c(C(=O)NCC(O)c2ccc(Cl)c(F)c2)c1. The lowest BCUT2D eigenvalue weighted by atomic mass is 10.0. The van der Waals surface area contributed by atoms with E-state index < -0.39 is 11.9 Å². The molecule has 2 aromatic rings. The van der Waals surface area contributed by atoms with Crippen molar-refractivity contribution in [3.8, 4) is 0 Å². The largest absolute Gasteiger partial charge is 0.387 e. The first-order chi connectivity index (χ1) is 10.4. The van der Waals surface area contributed by atoms with Crippen LogP contribution in [-0.4, -0.2) is 17.6 Å². The molecule has 2 aromatic carbocycles. The van der Waals surface area contributed by atoms with Crippen LogP contribution in [0.4, 0.5) is 4.39 Å². The molecule has 1 unspecified atom stereocenters. The summed E-state index contributed by atoms with van der Waals surface area (Å²) < 4.78 is 13.4. The molecular formula is C17H17ClFNO2. The Balaban J connectivity index is 2.04. The Labute approximate surface area is 133 Å². The minimum atomic E-state index is -0.999. The number of hydrogen-bond donors (Lipinski definition) is 2. The van der Waals surface area contributed by atoms with Crippen molar-refractivity contribution in [2.45, 2.75) is 20.0 Å². The Morgan fingerprint density at radius 3 is 2.68 bits per heavy atom. The number of aliphatic hydroxyl groups is 1. The fraction of sp³-hybridized carbons (Fsp3) is 0.235. The number of aryl methyl sites for hydroxylation is 2. The maximum absolute atomic E-state index is 13.4. The molecule has 0 spiro atoms. The van der Waals surface area contributed by atoms with E-state index in [2.05, 4.69) is 5.32 Å². The number of carbonyl (C=O) groups excluding carboxylic acids is 1. The predicted molar refractivity (Wildman–Crippen MR) is 84.6 cm³/mol. The molecule has 2 rings (SSSR count). The van der Waals surface area contributed by atoms with Gasteiger partial charge in [-0.25, -0.2) is 4.39 Å². The van der Waals surface area contributed by atoms with Crippen LogP contribution < -0.4 is 5.32 Å². The second-order valence-electron chi connectivity index (χ2n) is 5.22. The number of amides is 1. The van der Waals surface area contributed by atoms with Crippen LogP contribution in [0.25, 0.3) is 0 Å². The van der Waals surface area contributed by atoms with Gasteiger partial charge in [0.05, 0.1) is 11.1 Å². The van der Waals surface area contributed by atoms with Crippen molar-refractivity contribution in [1.82, 2.24) is 5.32 Å². The third kappa shape index (κ3) is 3.84. The van der Waals surface area contributed by atoms with E-state index in [1.165, 1.54) is 12.1 Å². The highest BCUT2D eigenvalue weighted by molar-refractivity contribution is 6.30. The molecular weight excluding hydrogens is 305 g/mol. The van der Waals surface area contributed by atoms with Crippen molar-refractivity contribution in [2.75, 3.05) is 6.54 Å². The Kier molecular flexibility index (Phi) is 5.16. The molecule has 0 bridgehead atoms. The summed E-state index contributed by atoms with van der Waals surface area (Å²) in [6, 6.07) is 9.66. The van der Waals surface area contributed by atoms with Crippen molar-refractivity contribution < 1.29 is 14.3 Å². The number of rotatable bonds is 4. The summed E-state index contributed by atoms with van der Waals surface area (Å²) in [6.45, 7) is 3.74. The minimum absolute atomic E-state index is 0.00429. The molecule has 116 valence electrons. The molecule has 0 saturated heterocycles. The lowest BCUT2D eigenvalue weighted by molar-refractivity contribution is 0.0915. The number of hydrogen-bond acceptors (Lipinski definition) is 2. The molecule has 0 aliphatic carbocycles. The molecule has 1 atom stereocenters. The Morgan fingerprint density at radius 1 is 1.27 bits per heavy atom. The highest BCUT2D eigenvalue weighted by Crippen LogP contribution is 2.20. The summed E-state index contributed by atoms with van der Waals surface area (Å²) in [4.78, 5) is 12.2. The molecule has 0 heterocycles. The smallest absolute Gasteiger partial charge is 0.251 e. The van der Waals surface area contributed by atoms with Gasteiger partial charge in [0.2, 0.25) is 0 Å². The van der Waals surface area contributed by atoms with Gasteiger partial charge in [-0.3, -0.25) is 4.79 Å². The number of benzene rings is 2. The molecule has 2 N–H and O–H groups in total. The average molecular weight is 322 g/mol. The number of aliphatic hydroxyl groups excluding tert-OH is 1. The molecule has 5 heteroatoms. The maximum Gasteiger partial charge on any atom is 0.251 e. The summed E-state index contributed by atoms with van der Waals surface area (Å²) in [5.41, 5.74) is 2.77. The number of carbonyl (C=O) groups is 1. The van der Waals surface area contributed by atoms with E-state index in [1.54, 1.807) is 6.07 Å². The van der Waals surface area contributed by atoms with Crippen molar-refractivity contribution in [2.24, 2.45) is 0 Å². The molecule has 3 nitrogen and oxygen atoms in total. The monoisotopic (exact) mass is 321 g/mol. The number of nitrogens with one attached hydrogen (secondary N) is 1. The maximum atomic E-state index is 13.4. The molecule has 0 radical (unpaired) electrons. The van der Waals surface area contributed by atoms with Crippen LogP contribution in [0.5, 0.6) is 0 Å². The topological polar surface area (TPSA) is 49.3 Å². The van der Waals surface area contributed by atoms with E-state index in [0.717, 1.165) is 17.2 Å². The van der Waals surface area contributed by atoms with Gasteiger partial charge in [0.15, 0.2) is 0 Å². The molecule has 0 fully saturated rings. The van der Waals surface area contributed by atoms with E-state index in [1.807, 2.05) is 26.0 Å². The van der Waals surface area contributed by atoms with Gasteiger partial charge in [-0.05, 0) is 43.2 Å². The van der Waals surface area contributed by atoms with Crippen LogP contribution in [0.1, 0.15) is 33.2 Å². The van der Waals surface area contributed by atoms with E-state index in [0.29, 0.717) is 11.1 Å². The van der Waals surface area contributed by atoms with E-state index in [-0.39, 0.29) is 17.5 Å². The second-order valence-corrected chi connectivity index (χ2v) is 5.62. The fourth-order valence-corrected chi connectivity index (χ4v) is 2.22. The van der Waals surface area contributed by atoms with Crippen LogP contribution in [-0.2, 0) is 0 Å². The molecule has 22 heavy (non-hydrogen) atoms. The normalized spacial score (nSPS) is 12.0. The first kappa shape index (κ1) is 16.5. The van der Waals surface area contributed by atoms with Crippen LogP contribution in [0.15, 0.2) is 36.4 Å². The van der Waals surface area contributed by atoms with E-state index >= 15 is 0 Å². The highest BCUT2D eigenvalue weighted by Gasteiger charge is 2.14. The molecule has 0 saturated carbocycles. The summed E-state index contributed by atoms with van der Waals surface area (Å²) >= 11 is 5.60. The standard InChI is InChI=1S/C17H17ClFNO2/c1-10-3-4-11(2)13(7-10)17(22)20-9-16(21)12-5-6-14(18)15(19)8-12/h3-8,16,21H,9H2,1-2H3,(H,20,22). The summed E-state index contributed by atoms with van der Waals surface area (Å²) in [5.74, 6) is -0.867. The quantitative estimate of drug-likeness (QED) is 0.904. The van der Waals surface area contributed by atoms with Crippen molar-refractivity contribution in [3.05, 3.63) is 69.5 Å². The van der Waals surface area contributed by atoms with Gasteiger partial charge < -0.3 is 10.4 Å². The molecule has 0 aliphatic heterocycles. The Morgan fingerprint density at radius 2 is 2.00 bits per heavy atom. The first-order valence-corrected chi connectivity index (χ1v) is 7.24.